The van der Waals surface area contributed by atoms with Crippen molar-refractivity contribution in [3.63, 3.8) is 0 Å². The van der Waals surface area contributed by atoms with E-state index in [1.165, 1.54) is 0 Å². The molecule has 2 aromatic heterocycles. The Labute approximate surface area is 137 Å². The number of nitrogens with zero attached hydrogens (tertiary/aromatic N) is 2. The molecule has 23 heavy (non-hydrogen) atoms. The SMILES string of the molecule is Nc1ccc(-c2ccc3oc(-c4ccc(Cl)cc4)nc3c2)cn1. The first kappa shape index (κ1) is 13.8. The lowest BCUT2D eigenvalue weighted by Crippen LogP contribution is -1.88. The van der Waals surface area contributed by atoms with Gasteiger partial charge in [0.15, 0.2) is 5.58 Å². The van der Waals surface area contributed by atoms with Crippen LogP contribution in [0.1, 0.15) is 0 Å². The average molecular weight is 322 g/mol. The summed E-state index contributed by atoms with van der Waals surface area (Å²) in [5.74, 6) is 1.07. The molecule has 4 nitrogen and oxygen atoms in total. The number of benzene rings is 2. The van der Waals surface area contributed by atoms with Gasteiger partial charge in [-0.1, -0.05) is 17.7 Å². The molecule has 4 rings (SSSR count). The number of anilines is 1. The lowest BCUT2D eigenvalue weighted by Gasteiger charge is -2.00. The van der Waals surface area contributed by atoms with Crippen LogP contribution in [0.25, 0.3) is 33.7 Å². The van der Waals surface area contributed by atoms with Gasteiger partial charge < -0.3 is 10.2 Å². The molecule has 0 unspecified atom stereocenters. The molecule has 112 valence electrons. The Bertz CT molecular complexity index is 932. The number of pyridine rings is 1. The van der Waals surface area contributed by atoms with E-state index in [9.17, 15) is 0 Å². The molecule has 0 atom stereocenters. The van der Waals surface area contributed by atoms with Crippen LogP contribution in [0.3, 0.4) is 0 Å². The zero-order valence-corrected chi connectivity index (χ0v) is 12.8. The number of oxazole rings is 1. The van der Waals surface area contributed by atoms with Crippen LogP contribution in [0.2, 0.25) is 5.02 Å². The number of hydrogen-bond acceptors (Lipinski definition) is 4. The highest BCUT2D eigenvalue weighted by Gasteiger charge is 2.09. The van der Waals surface area contributed by atoms with Crippen molar-refractivity contribution < 1.29 is 4.42 Å². The molecule has 0 amide bonds. The minimum absolute atomic E-state index is 0.501. The summed E-state index contributed by atoms with van der Waals surface area (Å²) in [5, 5.41) is 0.683. The third-order valence-electron chi connectivity index (χ3n) is 3.60. The molecule has 2 heterocycles. The summed E-state index contributed by atoms with van der Waals surface area (Å²) < 4.78 is 5.81. The standard InChI is InChI=1S/C18H12ClN3O/c19-14-5-1-11(2-6-14)18-22-15-9-12(3-7-16(15)23-18)13-4-8-17(20)21-10-13/h1-10H,(H2,20,21). The van der Waals surface area contributed by atoms with E-state index in [0.29, 0.717) is 16.7 Å². The van der Waals surface area contributed by atoms with Gasteiger partial charge in [0.1, 0.15) is 11.3 Å². The van der Waals surface area contributed by atoms with Gasteiger partial charge in [0.25, 0.3) is 0 Å². The molecule has 2 aromatic carbocycles. The maximum absolute atomic E-state index is 5.91. The van der Waals surface area contributed by atoms with E-state index in [-0.39, 0.29) is 0 Å². The number of hydrogen-bond donors (Lipinski definition) is 1. The van der Waals surface area contributed by atoms with Crippen LogP contribution in [0.15, 0.2) is 65.2 Å². The maximum Gasteiger partial charge on any atom is 0.227 e. The van der Waals surface area contributed by atoms with E-state index in [1.54, 1.807) is 12.3 Å². The summed E-state index contributed by atoms with van der Waals surface area (Å²) in [6.45, 7) is 0. The van der Waals surface area contributed by atoms with Gasteiger partial charge in [-0.2, -0.15) is 0 Å². The first-order valence-electron chi connectivity index (χ1n) is 7.07. The van der Waals surface area contributed by atoms with E-state index >= 15 is 0 Å². The molecule has 4 aromatic rings. The van der Waals surface area contributed by atoms with Crippen molar-refractivity contribution in [3.05, 3.63) is 65.8 Å². The molecule has 0 radical (unpaired) electrons. The third-order valence-corrected chi connectivity index (χ3v) is 3.85. The van der Waals surface area contributed by atoms with Gasteiger partial charge in [0.05, 0.1) is 0 Å². The number of aromatic nitrogens is 2. The quantitative estimate of drug-likeness (QED) is 0.576. The van der Waals surface area contributed by atoms with Crippen LogP contribution in [-0.2, 0) is 0 Å². The van der Waals surface area contributed by atoms with Crippen molar-refractivity contribution in [2.45, 2.75) is 0 Å². The average Bonchev–Trinajstić information content (AvgIpc) is 2.99. The fourth-order valence-corrected chi connectivity index (χ4v) is 2.52. The molecule has 0 aliphatic heterocycles. The lowest BCUT2D eigenvalue weighted by molar-refractivity contribution is 0.620. The lowest BCUT2D eigenvalue weighted by atomic mass is 10.1. The van der Waals surface area contributed by atoms with Crippen molar-refractivity contribution >= 4 is 28.5 Å². The predicted molar refractivity (Wildman–Crippen MR) is 92.1 cm³/mol. The van der Waals surface area contributed by atoms with Gasteiger partial charge in [0, 0.05) is 22.3 Å². The van der Waals surface area contributed by atoms with Gasteiger partial charge >= 0.3 is 0 Å². The van der Waals surface area contributed by atoms with E-state index < -0.39 is 0 Å². The summed E-state index contributed by atoms with van der Waals surface area (Å²) in [7, 11) is 0. The molecule has 0 saturated carbocycles. The van der Waals surface area contributed by atoms with Gasteiger partial charge in [-0.15, -0.1) is 0 Å². The summed E-state index contributed by atoms with van der Waals surface area (Å²) in [4.78, 5) is 8.68. The van der Waals surface area contributed by atoms with Crippen molar-refractivity contribution in [1.82, 2.24) is 9.97 Å². The second-order valence-electron chi connectivity index (χ2n) is 5.18. The highest BCUT2D eigenvalue weighted by molar-refractivity contribution is 6.30. The van der Waals surface area contributed by atoms with Crippen LogP contribution < -0.4 is 5.73 Å². The molecule has 0 bridgehead atoms. The molecule has 0 aliphatic rings. The van der Waals surface area contributed by atoms with Crippen molar-refractivity contribution in [2.75, 3.05) is 5.73 Å². The van der Waals surface area contributed by atoms with Crippen LogP contribution in [0, 0.1) is 0 Å². The van der Waals surface area contributed by atoms with E-state index in [1.807, 2.05) is 48.5 Å². The van der Waals surface area contributed by atoms with Crippen molar-refractivity contribution in [2.24, 2.45) is 0 Å². The molecule has 0 saturated heterocycles. The monoisotopic (exact) mass is 321 g/mol. The Morgan fingerprint density at radius 3 is 2.35 bits per heavy atom. The van der Waals surface area contributed by atoms with Crippen molar-refractivity contribution in [1.29, 1.82) is 0 Å². The summed E-state index contributed by atoms with van der Waals surface area (Å²) in [5.41, 5.74) is 10.0. The molecule has 0 fully saturated rings. The Balaban J connectivity index is 1.77. The number of halogens is 1. The highest BCUT2D eigenvalue weighted by atomic mass is 35.5. The van der Waals surface area contributed by atoms with Gasteiger partial charge in [-0.25, -0.2) is 9.97 Å². The Morgan fingerprint density at radius 1 is 0.870 bits per heavy atom. The van der Waals surface area contributed by atoms with Crippen molar-refractivity contribution in [3.8, 4) is 22.6 Å². The van der Waals surface area contributed by atoms with Gasteiger partial charge in [0.2, 0.25) is 5.89 Å². The minimum atomic E-state index is 0.501. The Hall–Kier alpha value is -2.85. The van der Waals surface area contributed by atoms with Crippen LogP contribution >= 0.6 is 11.6 Å². The zero-order chi connectivity index (χ0) is 15.8. The number of fused-ring (bicyclic) bond motifs is 1. The molecule has 0 aliphatic carbocycles. The van der Waals surface area contributed by atoms with Gasteiger partial charge in [-0.05, 0) is 54.1 Å². The van der Waals surface area contributed by atoms with Crippen LogP contribution in [-0.4, -0.2) is 9.97 Å². The van der Waals surface area contributed by atoms with E-state index in [0.717, 1.165) is 27.8 Å². The normalized spacial score (nSPS) is 11.0. The second kappa shape index (κ2) is 5.41. The number of rotatable bonds is 2. The first-order valence-corrected chi connectivity index (χ1v) is 7.45. The summed E-state index contributed by atoms with van der Waals surface area (Å²) >= 11 is 5.91. The molecular formula is C18H12ClN3O. The van der Waals surface area contributed by atoms with E-state index in [4.69, 9.17) is 21.8 Å². The Kier molecular flexibility index (Phi) is 3.24. The third kappa shape index (κ3) is 2.64. The highest BCUT2D eigenvalue weighted by Crippen LogP contribution is 2.28. The van der Waals surface area contributed by atoms with Crippen LogP contribution in [0.5, 0.6) is 0 Å². The maximum atomic E-state index is 5.91. The summed E-state index contributed by atoms with van der Waals surface area (Å²) in [6.07, 6.45) is 1.75. The smallest absolute Gasteiger partial charge is 0.227 e. The minimum Gasteiger partial charge on any atom is -0.436 e. The topological polar surface area (TPSA) is 64.9 Å². The fraction of sp³-hybridized carbons (Fsp3) is 0. The van der Waals surface area contributed by atoms with Crippen LogP contribution in [0.4, 0.5) is 5.82 Å². The van der Waals surface area contributed by atoms with Gasteiger partial charge in [-0.3, -0.25) is 0 Å². The first-order chi connectivity index (χ1) is 11.2. The summed E-state index contributed by atoms with van der Waals surface area (Å²) in [6, 6.07) is 17.0. The second-order valence-corrected chi connectivity index (χ2v) is 5.62. The number of nitrogen functional groups attached to an aromatic ring is 1. The number of nitrogens with two attached hydrogens (primary N) is 1. The Morgan fingerprint density at radius 2 is 1.61 bits per heavy atom. The zero-order valence-electron chi connectivity index (χ0n) is 12.0. The largest absolute Gasteiger partial charge is 0.436 e. The molecule has 5 heteroatoms. The van der Waals surface area contributed by atoms with E-state index in [2.05, 4.69) is 9.97 Å². The fourth-order valence-electron chi connectivity index (χ4n) is 2.40. The molecule has 0 spiro atoms. The predicted octanol–water partition coefficient (Wildman–Crippen LogP) is 4.79. The molecule has 2 N–H and O–H groups in total. The molecular weight excluding hydrogens is 310 g/mol.